The summed E-state index contributed by atoms with van der Waals surface area (Å²) < 4.78 is 5.44. The summed E-state index contributed by atoms with van der Waals surface area (Å²) in [5, 5.41) is 5.73. The standard InChI is InChI=1S/C16H23N3O2/c1-11-19-13-9-12(5-6-14(13)21-11)7-8-17-15(20)18-10-16(2,3)4/h5-6,9H,7-8,10H2,1-4H3,(H2,17,18,20). The average Bonchev–Trinajstić information content (AvgIpc) is 2.75. The van der Waals surface area contributed by atoms with Crippen molar-refractivity contribution >= 4 is 17.1 Å². The summed E-state index contributed by atoms with van der Waals surface area (Å²) >= 11 is 0. The third kappa shape index (κ3) is 4.77. The molecule has 0 saturated heterocycles. The molecule has 0 aliphatic rings. The third-order valence-electron chi connectivity index (χ3n) is 3.04. The Morgan fingerprint density at radius 1 is 1.29 bits per heavy atom. The van der Waals surface area contributed by atoms with Crippen LogP contribution in [0.2, 0.25) is 0 Å². The molecule has 0 aliphatic heterocycles. The summed E-state index contributed by atoms with van der Waals surface area (Å²) in [6.45, 7) is 9.34. The fourth-order valence-corrected chi connectivity index (χ4v) is 1.97. The first-order valence-electron chi connectivity index (χ1n) is 7.21. The zero-order chi connectivity index (χ0) is 15.5. The predicted octanol–water partition coefficient (Wildman–Crippen LogP) is 3.02. The highest BCUT2D eigenvalue weighted by molar-refractivity contribution is 5.74. The molecular formula is C16H23N3O2. The van der Waals surface area contributed by atoms with E-state index < -0.39 is 0 Å². The molecule has 0 aliphatic carbocycles. The van der Waals surface area contributed by atoms with Crippen molar-refractivity contribution in [2.75, 3.05) is 13.1 Å². The SMILES string of the molecule is Cc1nc2cc(CCNC(=O)NCC(C)(C)C)ccc2o1. The Morgan fingerprint density at radius 3 is 2.76 bits per heavy atom. The molecule has 0 spiro atoms. The Labute approximate surface area is 125 Å². The molecule has 2 rings (SSSR count). The molecule has 5 nitrogen and oxygen atoms in total. The minimum Gasteiger partial charge on any atom is -0.441 e. The quantitative estimate of drug-likeness (QED) is 0.909. The van der Waals surface area contributed by atoms with E-state index in [2.05, 4.69) is 36.4 Å². The van der Waals surface area contributed by atoms with Gasteiger partial charge in [0.2, 0.25) is 0 Å². The second-order valence-corrected chi connectivity index (χ2v) is 6.46. The van der Waals surface area contributed by atoms with E-state index in [1.54, 1.807) is 0 Å². The van der Waals surface area contributed by atoms with Crippen molar-refractivity contribution in [2.24, 2.45) is 5.41 Å². The summed E-state index contributed by atoms with van der Waals surface area (Å²) in [4.78, 5) is 16.0. The van der Waals surface area contributed by atoms with Crippen molar-refractivity contribution < 1.29 is 9.21 Å². The fraction of sp³-hybridized carbons (Fsp3) is 0.500. The zero-order valence-corrected chi connectivity index (χ0v) is 13.1. The number of carbonyl (C=O) groups excluding carboxylic acids is 1. The van der Waals surface area contributed by atoms with E-state index in [1.165, 1.54) is 0 Å². The maximum atomic E-state index is 11.6. The number of amides is 2. The monoisotopic (exact) mass is 289 g/mol. The maximum absolute atomic E-state index is 11.6. The van der Waals surface area contributed by atoms with E-state index in [4.69, 9.17) is 4.42 Å². The molecule has 0 fully saturated rings. The molecule has 0 unspecified atom stereocenters. The van der Waals surface area contributed by atoms with Gasteiger partial charge in [-0.1, -0.05) is 26.8 Å². The molecule has 114 valence electrons. The van der Waals surface area contributed by atoms with Gasteiger partial charge in [0.05, 0.1) is 0 Å². The molecule has 5 heteroatoms. The first kappa shape index (κ1) is 15.4. The average molecular weight is 289 g/mol. The summed E-state index contributed by atoms with van der Waals surface area (Å²) in [5.74, 6) is 0.668. The fourth-order valence-electron chi connectivity index (χ4n) is 1.97. The van der Waals surface area contributed by atoms with Gasteiger partial charge < -0.3 is 15.1 Å². The number of hydrogen-bond acceptors (Lipinski definition) is 3. The smallest absolute Gasteiger partial charge is 0.314 e. The second-order valence-electron chi connectivity index (χ2n) is 6.46. The molecule has 21 heavy (non-hydrogen) atoms. The van der Waals surface area contributed by atoms with E-state index >= 15 is 0 Å². The molecular weight excluding hydrogens is 266 g/mol. The lowest BCUT2D eigenvalue weighted by molar-refractivity contribution is 0.235. The number of benzene rings is 1. The van der Waals surface area contributed by atoms with Crippen LogP contribution in [-0.4, -0.2) is 24.1 Å². The van der Waals surface area contributed by atoms with Crippen molar-refractivity contribution in [3.05, 3.63) is 29.7 Å². The van der Waals surface area contributed by atoms with E-state index in [-0.39, 0.29) is 11.4 Å². The molecule has 2 aromatic rings. The first-order chi connectivity index (χ1) is 9.83. The lowest BCUT2D eigenvalue weighted by Crippen LogP contribution is -2.40. The van der Waals surface area contributed by atoms with Crippen molar-refractivity contribution in [3.63, 3.8) is 0 Å². The normalized spacial score (nSPS) is 11.6. The number of carbonyl (C=O) groups is 1. The van der Waals surface area contributed by atoms with Crippen molar-refractivity contribution in [1.29, 1.82) is 0 Å². The molecule has 0 saturated carbocycles. The highest BCUT2D eigenvalue weighted by atomic mass is 16.3. The third-order valence-corrected chi connectivity index (χ3v) is 3.04. The van der Waals surface area contributed by atoms with Crippen LogP contribution in [0.25, 0.3) is 11.1 Å². The van der Waals surface area contributed by atoms with Crippen molar-refractivity contribution in [1.82, 2.24) is 15.6 Å². The number of nitrogens with zero attached hydrogens (tertiary/aromatic N) is 1. The van der Waals surface area contributed by atoms with Crippen LogP contribution in [0.15, 0.2) is 22.6 Å². The van der Waals surface area contributed by atoms with Gasteiger partial charge in [0, 0.05) is 20.0 Å². The lowest BCUT2D eigenvalue weighted by atomic mass is 9.97. The highest BCUT2D eigenvalue weighted by Gasteiger charge is 2.11. The first-order valence-corrected chi connectivity index (χ1v) is 7.21. The van der Waals surface area contributed by atoms with Crippen LogP contribution in [0, 0.1) is 12.3 Å². The maximum Gasteiger partial charge on any atom is 0.314 e. The second kappa shape index (κ2) is 6.16. The number of hydrogen-bond donors (Lipinski definition) is 2. The van der Waals surface area contributed by atoms with Gasteiger partial charge in [-0.05, 0) is 29.5 Å². The molecule has 1 aromatic carbocycles. The highest BCUT2D eigenvalue weighted by Crippen LogP contribution is 2.16. The Balaban J connectivity index is 1.80. The molecule has 1 aromatic heterocycles. The van der Waals surface area contributed by atoms with Gasteiger partial charge in [0.15, 0.2) is 11.5 Å². The van der Waals surface area contributed by atoms with Gasteiger partial charge in [-0.25, -0.2) is 9.78 Å². The van der Waals surface area contributed by atoms with E-state index in [0.29, 0.717) is 19.0 Å². The number of aromatic nitrogens is 1. The van der Waals surface area contributed by atoms with E-state index in [1.807, 2.05) is 25.1 Å². The van der Waals surface area contributed by atoms with Gasteiger partial charge in [0.1, 0.15) is 5.52 Å². The molecule has 2 N–H and O–H groups in total. The van der Waals surface area contributed by atoms with Crippen LogP contribution in [0.4, 0.5) is 4.79 Å². The van der Waals surface area contributed by atoms with Crippen molar-refractivity contribution in [3.8, 4) is 0 Å². The Kier molecular flexibility index (Phi) is 4.50. The largest absolute Gasteiger partial charge is 0.441 e. The number of urea groups is 1. The van der Waals surface area contributed by atoms with Gasteiger partial charge in [-0.3, -0.25) is 0 Å². The van der Waals surface area contributed by atoms with Gasteiger partial charge in [-0.2, -0.15) is 0 Å². The summed E-state index contributed by atoms with van der Waals surface area (Å²) in [7, 11) is 0. The van der Waals surface area contributed by atoms with Crippen LogP contribution in [-0.2, 0) is 6.42 Å². The van der Waals surface area contributed by atoms with Gasteiger partial charge >= 0.3 is 6.03 Å². The number of oxazole rings is 1. The minimum atomic E-state index is -0.122. The van der Waals surface area contributed by atoms with Gasteiger partial charge in [0.25, 0.3) is 0 Å². The van der Waals surface area contributed by atoms with E-state index in [0.717, 1.165) is 23.1 Å². The molecule has 0 radical (unpaired) electrons. The lowest BCUT2D eigenvalue weighted by Gasteiger charge is -2.18. The number of fused-ring (bicyclic) bond motifs is 1. The van der Waals surface area contributed by atoms with Gasteiger partial charge in [-0.15, -0.1) is 0 Å². The van der Waals surface area contributed by atoms with Crippen LogP contribution >= 0.6 is 0 Å². The topological polar surface area (TPSA) is 67.2 Å². The molecule has 0 atom stereocenters. The number of rotatable bonds is 4. The summed E-state index contributed by atoms with van der Waals surface area (Å²) in [5.41, 5.74) is 2.88. The van der Waals surface area contributed by atoms with Crippen LogP contribution in [0.5, 0.6) is 0 Å². The van der Waals surface area contributed by atoms with Crippen LogP contribution < -0.4 is 10.6 Å². The molecule has 0 bridgehead atoms. The number of nitrogens with one attached hydrogen (secondary N) is 2. The minimum absolute atomic E-state index is 0.0905. The van der Waals surface area contributed by atoms with Crippen molar-refractivity contribution in [2.45, 2.75) is 34.1 Å². The Hall–Kier alpha value is -2.04. The van der Waals surface area contributed by atoms with Crippen LogP contribution in [0.1, 0.15) is 32.2 Å². The van der Waals surface area contributed by atoms with E-state index in [9.17, 15) is 4.79 Å². The Bertz CT molecular complexity index is 626. The molecule has 2 amide bonds. The Morgan fingerprint density at radius 2 is 2.05 bits per heavy atom. The van der Waals surface area contributed by atoms with Crippen LogP contribution in [0.3, 0.4) is 0 Å². The summed E-state index contributed by atoms with van der Waals surface area (Å²) in [6.07, 6.45) is 0.769. The number of aryl methyl sites for hydroxylation is 1. The predicted molar refractivity (Wildman–Crippen MR) is 83.3 cm³/mol. The summed E-state index contributed by atoms with van der Waals surface area (Å²) in [6, 6.07) is 5.80. The zero-order valence-electron chi connectivity index (χ0n) is 13.1. The molecule has 1 heterocycles.